The molecular weight excluding hydrogens is 212 g/mol. The van der Waals surface area contributed by atoms with Crippen molar-refractivity contribution in [1.82, 2.24) is 0 Å². The van der Waals surface area contributed by atoms with Crippen LogP contribution in [0.15, 0.2) is 12.1 Å². The quantitative estimate of drug-likeness (QED) is 0.856. The molecule has 2 nitrogen and oxygen atoms in total. The van der Waals surface area contributed by atoms with Gasteiger partial charge < -0.3 is 5.11 Å². The number of benzene rings is 1. The Labute approximate surface area is 94.9 Å². The number of hydrogen-bond donors (Lipinski definition) is 1. The fourth-order valence-electron chi connectivity index (χ4n) is 1.68. The van der Waals surface area contributed by atoms with E-state index in [4.69, 9.17) is 16.7 Å². The number of rotatable bonds is 3. The monoisotopic (exact) mass is 226 g/mol. The van der Waals surface area contributed by atoms with Gasteiger partial charge in [0.25, 0.3) is 0 Å². The first-order chi connectivity index (χ1) is 6.91. The molecule has 0 radical (unpaired) electrons. The third-order valence-corrected chi connectivity index (χ3v) is 2.50. The maximum absolute atomic E-state index is 10.9. The Bertz CT molecular complexity index is 360. The van der Waals surface area contributed by atoms with Gasteiger partial charge in [-0.1, -0.05) is 31.5 Å². The second kappa shape index (κ2) is 4.67. The fourth-order valence-corrected chi connectivity index (χ4v) is 2.05. The first-order valence-electron chi connectivity index (χ1n) is 4.94. The van der Waals surface area contributed by atoms with Gasteiger partial charge in [-0.2, -0.15) is 0 Å². The van der Waals surface area contributed by atoms with Crippen LogP contribution in [0.4, 0.5) is 0 Å². The lowest BCUT2D eigenvalue weighted by Gasteiger charge is -2.09. The standard InChI is InChI=1S/C12H15ClO2/c1-7(2)4-9-5-8(3)11(12(14)15)10(13)6-9/h5-7H,4H2,1-3H3,(H,14,15). The molecule has 1 rings (SSSR count). The molecule has 1 aromatic rings. The van der Waals surface area contributed by atoms with E-state index in [9.17, 15) is 4.79 Å². The van der Waals surface area contributed by atoms with Crippen LogP contribution in [0, 0.1) is 12.8 Å². The largest absolute Gasteiger partial charge is 0.478 e. The Morgan fingerprint density at radius 2 is 2.07 bits per heavy atom. The van der Waals surface area contributed by atoms with Crippen molar-refractivity contribution in [2.75, 3.05) is 0 Å². The van der Waals surface area contributed by atoms with Crippen molar-refractivity contribution in [3.63, 3.8) is 0 Å². The first-order valence-corrected chi connectivity index (χ1v) is 5.32. The molecule has 0 atom stereocenters. The van der Waals surface area contributed by atoms with E-state index in [0.717, 1.165) is 17.5 Å². The molecule has 0 amide bonds. The number of halogens is 1. The van der Waals surface area contributed by atoms with Crippen molar-refractivity contribution in [3.8, 4) is 0 Å². The molecule has 0 unspecified atom stereocenters. The number of aromatic carboxylic acids is 1. The van der Waals surface area contributed by atoms with Crippen LogP contribution in [-0.4, -0.2) is 11.1 Å². The van der Waals surface area contributed by atoms with Gasteiger partial charge >= 0.3 is 5.97 Å². The number of hydrogen-bond acceptors (Lipinski definition) is 1. The van der Waals surface area contributed by atoms with Gasteiger partial charge in [0, 0.05) is 0 Å². The lowest BCUT2D eigenvalue weighted by atomic mass is 9.98. The molecule has 0 aliphatic carbocycles. The van der Waals surface area contributed by atoms with Gasteiger partial charge in [-0.15, -0.1) is 0 Å². The van der Waals surface area contributed by atoms with Gasteiger partial charge in [0.15, 0.2) is 0 Å². The van der Waals surface area contributed by atoms with Crippen molar-refractivity contribution in [1.29, 1.82) is 0 Å². The molecule has 0 saturated heterocycles. The molecule has 0 aliphatic rings. The average Bonchev–Trinajstić information content (AvgIpc) is 1.99. The predicted octanol–water partition coefficient (Wildman–Crippen LogP) is 3.55. The average molecular weight is 227 g/mol. The number of carboxylic acids is 1. The lowest BCUT2D eigenvalue weighted by Crippen LogP contribution is -2.03. The van der Waals surface area contributed by atoms with Crippen LogP contribution in [0.5, 0.6) is 0 Å². The SMILES string of the molecule is Cc1cc(CC(C)C)cc(Cl)c1C(=O)O. The van der Waals surface area contributed by atoms with Crippen molar-refractivity contribution >= 4 is 17.6 Å². The summed E-state index contributed by atoms with van der Waals surface area (Å²) in [7, 11) is 0. The van der Waals surface area contributed by atoms with Crippen LogP contribution in [0.1, 0.15) is 35.3 Å². The molecule has 0 bridgehead atoms. The Hall–Kier alpha value is -1.02. The van der Waals surface area contributed by atoms with Crippen LogP contribution >= 0.6 is 11.6 Å². The van der Waals surface area contributed by atoms with Gasteiger partial charge in [-0.25, -0.2) is 4.79 Å². The minimum Gasteiger partial charge on any atom is -0.478 e. The topological polar surface area (TPSA) is 37.3 Å². The highest BCUT2D eigenvalue weighted by atomic mass is 35.5. The van der Waals surface area contributed by atoms with Crippen molar-refractivity contribution in [3.05, 3.63) is 33.8 Å². The van der Waals surface area contributed by atoms with E-state index in [0.29, 0.717) is 10.9 Å². The predicted molar refractivity (Wildman–Crippen MR) is 61.7 cm³/mol. The molecule has 0 saturated carbocycles. The summed E-state index contributed by atoms with van der Waals surface area (Å²) >= 11 is 5.93. The molecule has 0 aromatic heterocycles. The van der Waals surface area contributed by atoms with E-state index in [2.05, 4.69) is 13.8 Å². The Morgan fingerprint density at radius 3 is 2.47 bits per heavy atom. The molecule has 1 N–H and O–H groups in total. The van der Waals surface area contributed by atoms with E-state index in [-0.39, 0.29) is 5.56 Å². The van der Waals surface area contributed by atoms with E-state index < -0.39 is 5.97 Å². The Balaban J connectivity index is 3.14. The van der Waals surface area contributed by atoms with E-state index in [1.807, 2.05) is 6.07 Å². The molecule has 0 spiro atoms. The second-order valence-electron chi connectivity index (χ2n) is 4.17. The molecule has 0 fully saturated rings. The number of carbonyl (C=O) groups is 1. The molecule has 0 aliphatic heterocycles. The summed E-state index contributed by atoms with van der Waals surface area (Å²) in [5.74, 6) is -0.426. The lowest BCUT2D eigenvalue weighted by molar-refractivity contribution is 0.0696. The molecule has 15 heavy (non-hydrogen) atoms. The van der Waals surface area contributed by atoms with Crippen LogP contribution in [0.2, 0.25) is 5.02 Å². The minimum absolute atomic E-state index is 0.212. The highest BCUT2D eigenvalue weighted by molar-refractivity contribution is 6.33. The van der Waals surface area contributed by atoms with Crippen molar-refractivity contribution in [2.24, 2.45) is 5.92 Å². The summed E-state index contributed by atoms with van der Waals surface area (Å²) in [5, 5.41) is 9.27. The molecule has 0 heterocycles. The van der Waals surface area contributed by atoms with Crippen molar-refractivity contribution < 1.29 is 9.90 Å². The molecule has 3 heteroatoms. The van der Waals surface area contributed by atoms with Gasteiger partial charge in [0.05, 0.1) is 10.6 Å². The normalized spacial score (nSPS) is 10.7. The van der Waals surface area contributed by atoms with Crippen LogP contribution in [-0.2, 0) is 6.42 Å². The summed E-state index contributed by atoms with van der Waals surface area (Å²) in [6.07, 6.45) is 0.917. The Morgan fingerprint density at radius 1 is 1.47 bits per heavy atom. The zero-order valence-electron chi connectivity index (χ0n) is 9.17. The van der Waals surface area contributed by atoms with Crippen molar-refractivity contribution in [2.45, 2.75) is 27.2 Å². The number of carboxylic acid groups (broad SMARTS) is 1. The van der Waals surface area contributed by atoms with E-state index in [1.165, 1.54) is 0 Å². The molecule has 1 aromatic carbocycles. The van der Waals surface area contributed by atoms with Gasteiger partial charge in [0.1, 0.15) is 0 Å². The van der Waals surface area contributed by atoms with E-state index in [1.54, 1.807) is 13.0 Å². The van der Waals surface area contributed by atoms with Crippen LogP contribution in [0.25, 0.3) is 0 Å². The third-order valence-electron chi connectivity index (χ3n) is 2.21. The summed E-state index contributed by atoms with van der Waals surface area (Å²) in [5.41, 5.74) is 2.03. The highest BCUT2D eigenvalue weighted by Crippen LogP contribution is 2.23. The zero-order chi connectivity index (χ0) is 11.6. The minimum atomic E-state index is -0.964. The summed E-state index contributed by atoms with van der Waals surface area (Å²) in [4.78, 5) is 10.9. The third kappa shape index (κ3) is 2.96. The van der Waals surface area contributed by atoms with Gasteiger partial charge in [-0.05, 0) is 36.5 Å². The smallest absolute Gasteiger partial charge is 0.337 e. The molecular formula is C12H15ClO2. The zero-order valence-corrected chi connectivity index (χ0v) is 9.93. The fraction of sp³-hybridized carbons (Fsp3) is 0.417. The maximum Gasteiger partial charge on any atom is 0.337 e. The summed E-state index contributed by atoms with van der Waals surface area (Å²) < 4.78 is 0. The van der Waals surface area contributed by atoms with Gasteiger partial charge in [-0.3, -0.25) is 0 Å². The number of aryl methyl sites for hydroxylation is 1. The molecule has 82 valence electrons. The van der Waals surface area contributed by atoms with E-state index >= 15 is 0 Å². The van der Waals surface area contributed by atoms with Crippen LogP contribution < -0.4 is 0 Å². The van der Waals surface area contributed by atoms with Gasteiger partial charge in [0.2, 0.25) is 0 Å². The highest BCUT2D eigenvalue weighted by Gasteiger charge is 2.13. The van der Waals surface area contributed by atoms with Crippen LogP contribution in [0.3, 0.4) is 0 Å². The summed E-state index contributed by atoms with van der Waals surface area (Å²) in [6.45, 7) is 6.02. The summed E-state index contributed by atoms with van der Waals surface area (Å²) in [6, 6.07) is 3.65. The maximum atomic E-state index is 10.9. The second-order valence-corrected chi connectivity index (χ2v) is 4.58. The Kier molecular flexibility index (Phi) is 3.75. The first kappa shape index (κ1) is 12.1.